The average molecular weight is 480 g/mol. The molecule has 178 valence electrons. The second kappa shape index (κ2) is 10.1. The molecule has 8 heteroatoms. The van der Waals surface area contributed by atoms with Crippen molar-refractivity contribution >= 4 is 33.2 Å². The Morgan fingerprint density at radius 2 is 1.47 bits per heavy atom. The van der Waals surface area contributed by atoms with Crippen LogP contribution in [0.2, 0.25) is 0 Å². The van der Waals surface area contributed by atoms with Crippen LogP contribution in [0, 0.1) is 20.8 Å². The summed E-state index contributed by atoms with van der Waals surface area (Å²) in [6.07, 6.45) is 0. The molecule has 3 N–H and O–H groups in total. The molecule has 3 rings (SSSR count). The van der Waals surface area contributed by atoms with Gasteiger partial charge in [-0.05, 0) is 87.7 Å². The van der Waals surface area contributed by atoms with Gasteiger partial charge < -0.3 is 10.6 Å². The van der Waals surface area contributed by atoms with Crippen molar-refractivity contribution in [2.75, 3.05) is 10.0 Å². The molecular weight excluding hydrogens is 450 g/mol. The minimum Gasteiger partial charge on any atom is -0.350 e. The predicted molar refractivity (Wildman–Crippen MR) is 135 cm³/mol. The number of hydrogen-bond donors (Lipinski definition) is 3. The summed E-state index contributed by atoms with van der Waals surface area (Å²) in [5.41, 5.74) is 3.64. The van der Waals surface area contributed by atoms with E-state index in [1.165, 1.54) is 6.07 Å². The SMILES string of the molecule is Cc1cc(C)cc(NS(=O)(=O)c2cc(C(=O)Nc3ccccc3C(=O)NC(C)C)ccc2C)c1. The number of nitrogens with one attached hydrogen (secondary N) is 3. The van der Waals surface area contributed by atoms with E-state index in [4.69, 9.17) is 0 Å². The molecule has 0 aliphatic carbocycles. The molecule has 0 spiro atoms. The van der Waals surface area contributed by atoms with Crippen molar-refractivity contribution in [2.24, 2.45) is 0 Å². The number of amides is 2. The summed E-state index contributed by atoms with van der Waals surface area (Å²) in [7, 11) is -3.94. The number of sulfonamides is 1. The Morgan fingerprint density at radius 1 is 0.824 bits per heavy atom. The summed E-state index contributed by atoms with van der Waals surface area (Å²) in [4.78, 5) is 25.5. The van der Waals surface area contributed by atoms with E-state index < -0.39 is 15.9 Å². The molecule has 7 nitrogen and oxygen atoms in total. The molecule has 34 heavy (non-hydrogen) atoms. The highest BCUT2D eigenvalue weighted by Crippen LogP contribution is 2.23. The topological polar surface area (TPSA) is 104 Å². The highest BCUT2D eigenvalue weighted by atomic mass is 32.2. The van der Waals surface area contributed by atoms with Crippen LogP contribution in [0.5, 0.6) is 0 Å². The van der Waals surface area contributed by atoms with Crippen molar-refractivity contribution < 1.29 is 18.0 Å². The first kappa shape index (κ1) is 25.0. The van der Waals surface area contributed by atoms with Crippen LogP contribution < -0.4 is 15.4 Å². The molecule has 0 atom stereocenters. The van der Waals surface area contributed by atoms with Gasteiger partial charge >= 0.3 is 0 Å². The van der Waals surface area contributed by atoms with Gasteiger partial charge in [0.1, 0.15) is 0 Å². The van der Waals surface area contributed by atoms with Crippen LogP contribution in [0.15, 0.2) is 65.6 Å². The van der Waals surface area contributed by atoms with Crippen LogP contribution in [0.3, 0.4) is 0 Å². The van der Waals surface area contributed by atoms with Gasteiger partial charge in [0.05, 0.1) is 16.1 Å². The quantitative estimate of drug-likeness (QED) is 0.453. The van der Waals surface area contributed by atoms with Crippen LogP contribution in [0.25, 0.3) is 0 Å². The lowest BCUT2D eigenvalue weighted by atomic mass is 10.1. The number of benzene rings is 3. The van der Waals surface area contributed by atoms with Crippen molar-refractivity contribution in [1.29, 1.82) is 0 Å². The monoisotopic (exact) mass is 479 g/mol. The molecule has 0 aromatic heterocycles. The number of hydrogen-bond acceptors (Lipinski definition) is 4. The normalized spacial score (nSPS) is 11.2. The lowest BCUT2D eigenvalue weighted by Crippen LogP contribution is -2.31. The standard InChI is InChI=1S/C26H29N3O4S/c1-16(2)27-26(31)22-8-6-7-9-23(22)28-25(30)20-11-10-19(5)24(15-20)34(32,33)29-21-13-17(3)12-18(4)14-21/h6-16,29H,1-5H3,(H,27,31)(H,28,30). The van der Waals surface area contributed by atoms with Crippen LogP contribution >= 0.6 is 0 Å². The minimum atomic E-state index is -3.94. The fraction of sp³-hybridized carbons (Fsp3) is 0.231. The molecule has 0 fully saturated rings. The molecule has 0 bridgehead atoms. The molecule has 2 amide bonds. The Labute approximate surface area is 200 Å². The van der Waals surface area contributed by atoms with Gasteiger partial charge in [-0.1, -0.05) is 24.3 Å². The van der Waals surface area contributed by atoms with E-state index in [1.54, 1.807) is 55.5 Å². The van der Waals surface area contributed by atoms with Crippen molar-refractivity contribution in [1.82, 2.24) is 5.32 Å². The molecule has 3 aromatic carbocycles. The van der Waals surface area contributed by atoms with Gasteiger partial charge in [0, 0.05) is 17.3 Å². The molecule has 0 saturated carbocycles. The first-order chi connectivity index (χ1) is 16.0. The van der Waals surface area contributed by atoms with E-state index in [0.717, 1.165) is 11.1 Å². The summed E-state index contributed by atoms with van der Waals surface area (Å²) >= 11 is 0. The third-order valence-corrected chi connectivity index (χ3v) is 6.58. The van der Waals surface area contributed by atoms with Gasteiger partial charge in [-0.25, -0.2) is 8.42 Å². The Bertz CT molecular complexity index is 1330. The van der Waals surface area contributed by atoms with Crippen LogP contribution in [0.1, 0.15) is 51.3 Å². The maximum atomic E-state index is 13.1. The summed E-state index contributed by atoms with van der Waals surface area (Å²) in [6.45, 7) is 9.14. The van der Waals surface area contributed by atoms with Gasteiger partial charge in [-0.2, -0.15) is 0 Å². The van der Waals surface area contributed by atoms with Gasteiger partial charge in [0.25, 0.3) is 21.8 Å². The zero-order valence-electron chi connectivity index (χ0n) is 19.9. The van der Waals surface area contributed by atoms with Crippen molar-refractivity contribution in [3.05, 3.63) is 88.5 Å². The number of rotatable bonds is 7. The number of carbonyl (C=O) groups excluding carboxylic acids is 2. The van der Waals surface area contributed by atoms with E-state index in [9.17, 15) is 18.0 Å². The van der Waals surface area contributed by atoms with E-state index in [-0.39, 0.29) is 22.4 Å². The largest absolute Gasteiger partial charge is 0.350 e. The van der Waals surface area contributed by atoms with E-state index in [1.807, 2.05) is 33.8 Å². The number of carbonyl (C=O) groups is 2. The lowest BCUT2D eigenvalue weighted by molar-refractivity contribution is 0.0944. The van der Waals surface area contributed by atoms with Crippen LogP contribution in [-0.4, -0.2) is 26.3 Å². The summed E-state index contributed by atoms with van der Waals surface area (Å²) < 4.78 is 28.9. The van der Waals surface area contributed by atoms with Crippen LogP contribution in [-0.2, 0) is 10.0 Å². The van der Waals surface area contributed by atoms with E-state index in [2.05, 4.69) is 15.4 Å². The third kappa shape index (κ3) is 6.02. The summed E-state index contributed by atoms with van der Waals surface area (Å²) in [6, 6.07) is 16.5. The Morgan fingerprint density at radius 3 is 2.12 bits per heavy atom. The summed E-state index contributed by atoms with van der Waals surface area (Å²) in [5, 5.41) is 5.53. The first-order valence-electron chi connectivity index (χ1n) is 10.9. The molecule has 0 aliphatic heterocycles. The summed E-state index contributed by atoms with van der Waals surface area (Å²) in [5.74, 6) is -0.830. The highest BCUT2D eigenvalue weighted by Gasteiger charge is 2.21. The minimum absolute atomic E-state index is 0.00476. The van der Waals surface area contributed by atoms with Crippen molar-refractivity contribution in [3.63, 3.8) is 0 Å². The number of anilines is 2. The molecule has 0 heterocycles. The second-order valence-electron chi connectivity index (χ2n) is 8.59. The fourth-order valence-electron chi connectivity index (χ4n) is 3.60. The maximum Gasteiger partial charge on any atom is 0.262 e. The average Bonchev–Trinajstić information content (AvgIpc) is 2.72. The van der Waals surface area contributed by atoms with Crippen molar-refractivity contribution in [2.45, 2.75) is 45.6 Å². The lowest BCUT2D eigenvalue weighted by Gasteiger charge is -2.15. The molecule has 0 aliphatic rings. The number of para-hydroxylation sites is 1. The van der Waals surface area contributed by atoms with Gasteiger partial charge in [-0.15, -0.1) is 0 Å². The fourth-order valence-corrected chi connectivity index (χ4v) is 4.91. The maximum absolute atomic E-state index is 13.1. The third-order valence-electron chi connectivity index (χ3n) is 5.05. The van der Waals surface area contributed by atoms with E-state index in [0.29, 0.717) is 22.5 Å². The Hall–Kier alpha value is -3.65. The molecular formula is C26H29N3O4S. The Balaban J connectivity index is 1.89. The van der Waals surface area contributed by atoms with E-state index >= 15 is 0 Å². The zero-order valence-corrected chi connectivity index (χ0v) is 20.7. The zero-order chi connectivity index (χ0) is 25.0. The van der Waals surface area contributed by atoms with Crippen LogP contribution in [0.4, 0.5) is 11.4 Å². The van der Waals surface area contributed by atoms with Gasteiger partial charge in [0.15, 0.2) is 0 Å². The van der Waals surface area contributed by atoms with Gasteiger partial charge in [-0.3, -0.25) is 14.3 Å². The molecule has 0 saturated heterocycles. The second-order valence-corrected chi connectivity index (χ2v) is 10.2. The molecule has 0 unspecified atom stereocenters. The van der Waals surface area contributed by atoms with Gasteiger partial charge in [0.2, 0.25) is 0 Å². The first-order valence-corrected chi connectivity index (χ1v) is 12.4. The van der Waals surface area contributed by atoms with Crippen molar-refractivity contribution in [3.8, 4) is 0 Å². The predicted octanol–water partition coefficient (Wildman–Crippen LogP) is 4.80. The molecule has 0 radical (unpaired) electrons. The highest BCUT2D eigenvalue weighted by molar-refractivity contribution is 7.92. The smallest absolute Gasteiger partial charge is 0.262 e. The number of aryl methyl sites for hydroxylation is 3. The Kier molecular flexibility index (Phi) is 7.41. The molecule has 3 aromatic rings.